The van der Waals surface area contributed by atoms with Crippen LogP contribution in [0, 0.1) is 0 Å². The first-order valence-corrected chi connectivity index (χ1v) is 8.40. The number of benzene rings is 1. The van der Waals surface area contributed by atoms with Crippen LogP contribution < -0.4 is 5.32 Å². The number of amides is 1. The molecule has 0 heterocycles. The Hall–Kier alpha value is 0.0400. The van der Waals surface area contributed by atoms with Crippen LogP contribution in [0.2, 0.25) is 0 Å². The monoisotopic (exact) mass is 535 g/mol. The number of carboxylic acid groups (broad SMARTS) is 1. The number of aliphatic hydroxyl groups is 1. The van der Waals surface area contributed by atoms with E-state index in [9.17, 15) is 14.7 Å². The zero-order valence-corrected chi connectivity index (χ0v) is 16.4. The zero-order valence-electron chi connectivity index (χ0n) is 10.0. The maximum atomic E-state index is 12.2. The highest BCUT2D eigenvalue weighted by Gasteiger charge is 2.28. The van der Waals surface area contributed by atoms with Gasteiger partial charge in [-0.25, -0.2) is 4.79 Å². The van der Waals surface area contributed by atoms with Gasteiger partial charge in [-0.2, -0.15) is 0 Å². The van der Waals surface area contributed by atoms with Crippen LogP contribution in [0.4, 0.5) is 0 Å². The zero-order chi connectivity index (χ0) is 15.6. The van der Waals surface area contributed by atoms with Gasteiger partial charge in [0.2, 0.25) is 0 Å². The van der Waals surface area contributed by atoms with E-state index < -0.39 is 17.9 Å². The first kappa shape index (κ1) is 18.1. The lowest BCUT2D eigenvalue weighted by molar-refractivity contribution is 0.0689. The molecule has 1 aromatic carbocycles. The highest BCUT2D eigenvalue weighted by molar-refractivity contribution is 9.15. The first-order chi connectivity index (χ1) is 9.22. The van der Waals surface area contributed by atoms with Crippen molar-refractivity contribution in [1.29, 1.82) is 0 Å². The summed E-state index contributed by atoms with van der Waals surface area (Å²) in [6, 6.07) is -0.489. The number of aliphatic hydroxyl groups excluding tert-OH is 1. The SMILES string of the molecule is C[C@H](CO)NC(=O)c1c(Br)c(Br)c(Br)c(Br)c1C(=O)O. The molecule has 0 fully saturated rings. The van der Waals surface area contributed by atoms with Crippen molar-refractivity contribution in [2.45, 2.75) is 13.0 Å². The van der Waals surface area contributed by atoms with Crippen LogP contribution in [0.15, 0.2) is 17.9 Å². The molecule has 1 rings (SSSR count). The van der Waals surface area contributed by atoms with E-state index in [1.165, 1.54) is 0 Å². The van der Waals surface area contributed by atoms with Gasteiger partial charge in [0.15, 0.2) is 0 Å². The van der Waals surface area contributed by atoms with Gasteiger partial charge in [0, 0.05) is 23.9 Å². The molecule has 1 atom stereocenters. The van der Waals surface area contributed by atoms with E-state index in [0.717, 1.165) is 0 Å². The molecular formula is C11H9Br4NO4. The van der Waals surface area contributed by atoms with Gasteiger partial charge in [-0.3, -0.25) is 4.79 Å². The molecule has 0 aliphatic rings. The number of hydrogen-bond acceptors (Lipinski definition) is 3. The average molecular weight is 539 g/mol. The van der Waals surface area contributed by atoms with Crippen molar-refractivity contribution in [3.63, 3.8) is 0 Å². The van der Waals surface area contributed by atoms with Crippen molar-refractivity contribution < 1.29 is 19.8 Å². The Labute approximate surface area is 148 Å². The Balaban J connectivity index is 3.52. The van der Waals surface area contributed by atoms with Crippen LogP contribution in [0.3, 0.4) is 0 Å². The molecule has 20 heavy (non-hydrogen) atoms. The van der Waals surface area contributed by atoms with Crippen molar-refractivity contribution in [1.82, 2.24) is 5.32 Å². The number of halogens is 4. The summed E-state index contributed by atoms with van der Waals surface area (Å²) in [5, 5.41) is 20.8. The molecule has 1 amide bonds. The van der Waals surface area contributed by atoms with Crippen molar-refractivity contribution >= 4 is 75.6 Å². The predicted octanol–water partition coefficient (Wildman–Crippen LogP) is 3.55. The van der Waals surface area contributed by atoms with Crippen LogP contribution >= 0.6 is 63.7 Å². The van der Waals surface area contributed by atoms with E-state index in [0.29, 0.717) is 13.4 Å². The number of carbonyl (C=O) groups is 2. The largest absolute Gasteiger partial charge is 0.478 e. The number of nitrogens with one attached hydrogen (secondary N) is 1. The normalized spacial score (nSPS) is 12.1. The van der Waals surface area contributed by atoms with Gasteiger partial charge in [-0.05, 0) is 70.6 Å². The summed E-state index contributed by atoms with van der Waals surface area (Å²) in [5.41, 5.74) is -0.200. The van der Waals surface area contributed by atoms with Crippen LogP contribution in [-0.4, -0.2) is 34.7 Å². The number of aromatic carboxylic acids is 1. The lowest BCUT2D eigenvalue weighted by Crippen LogP contribution is -2.36. The predicted molar refractivity (Wildman–Crippen MR) is 88.2 cm³/mol. The van der Waals surface area contributed by atoms with E-state index in [1.54, 1.807) is 6.92 Å². The lowest BCUT2D eigenvalue weighted by Gasteiger charge is -2.16. The minimum atomic E-state index is -1.24. The summed E-state index contributed by atoms with van der Waals surface area (Å²) in [4.78, 5) is 23.6. The van der Waals surface area contributed by atoms with Crippen molar-refractivity contribution in [2.75, 3.05) is 6.61 Å². The fourth-order valence-corrected chi connectivity index (χ4v) is 3.86. The summed E-state index contributed by atoms with van der Waals surface area (Å²) in [6.45, 7) is 1.36. The maximum Gasteiger partial charge on any atom is 0.337 e. The van der Waals surface area contributed by atoms with Gasteiger partial charge in [0.05, 0.1) is 17.7 Å². The molecule has 0 radical (unpaired) electrons. The quantitative estimate of drug-likeness (QED) is 0.404. The highest BCUT2D eigenvalue weighted by Crippen LogP contribution is 2.42. The fraction of sp³-hybridized carbons (Fsp3) is 0.273. The summed E-state index contributed by atoms with van der Waals surface area (Å²) in [5.74, 6) is -1.84. The molecule has 1 aromatic rings. The van der Waals surface area contributed by atoms with Crippen LogP contribution in [0.25, 0.3) is 0 Å². The maximum absolute atomic E-state index is 12.2. The Morgan fingerprint density at radius 3 is 1.90 bits per heavy atom. The Morgan fingerprint density at radius 2 is 1.50 bits per heavy atom. The number of carboxylic acids is 1. The molecule has 0 aliphatic carbocycles. The van der Waals surface area contributed by atoms with E-state index in [1.807, 2.05) is 0 Å². The van der Waals surface area contributed by atoms with Gasteiger partial charge in [0.25, 0.3) is 5.91 Å². The number of hydrogen-bond donors (Lipinski definition) is 3. The number of rotatable bonds is 4. The molecule has 0 saturated carbocycles. The van der Waals surface area contributed by atoms with Crippen LogP contribution in [-0.2, 0) is 0 Å². The molecule has 0 bridgehead atoms. The molecule has 3 N–H and O–H groups in total. The lowest BCUT2D eigenvalue weighted by atomic mass is 10.1. The van der Waals surface area contributed by atoms with Crippen molar-refractivity contribution in [3.05, 3.63) is 29.0 Å². The molecule has 5 nitrogen and oxygen atoms in total. The third-order valence-corrected chi connectivity index (χ3v) is 7.13. The van der Waals surface area contributed by atoms with Crippen molar-refractivity contribution in [3.8, 4) is 0 Å². The molecule has 0 saturated heterocycles. The molecule has 0 aliphatic heterocycles. The molecule has 0 unspecified atom stereocenters. The molecule has 9 heteroatoms. The standard InChI is InChI=1S/C11H9Br4NO4/c1-3(2-17)16-10(18)4-5(11(19)20)7(13)9(15)8(14)6(4)12/h3,17H,2H2,1H3,(H,16,18)(H,19,20)/t3-/m1/s1. The van der Waals surface area contributed by atoms with Crippen LogP contribution in [0.1, 0.15) is 27.6 Å². The molecular weight excluding hydrogens is 530 g/mol. The second-order valence-electron chi connectivity index (χ2n) is 3.87. The van der Waals surface area contributed by atoms with Gasteiger partial charge in [0.1, 0.15) is 0 Å². The molecule has 0 aromatic heterocycles. The third kappa shape index (κ3) is 3.62. The summed E-state index contributed by atoms with van der Waals surface area (Å²) < 4.78 is 1.55. The highest BCUT2D eigenvalue weighted by atomic mass is 79.9. The van der Waals surface area contributed by atoms with Gasteiger partial charge < -0.3 is 15.5 Å². The van der Waals surface area contributed by atoms with Gasteiger partial charge in [-0.15, -0.1) is 0 Å². The van der Waals surface area contributed by atoms with E-state index in [-0.39, 0.29) is 22.2 Å². The Bertz CT molecular complexity index is 576. The Morgan fingerprint density at radius 1 is 1.05 bits per heavy atom. The summed E-state index contributed by atoms with van der Waals surface area (Å²) >= 11 is 12.9. The molecule has 110 valence electrons. The first-order valence-electron chi connectivity index (χ1n) is 5.23. The second kappa shape index (κ2) is 7.35. The minimum Gasteiger partial charge on any atom is -0.478 e. The third-order valence-electron chi connectivity index (χ3n) is 2.36. The molecule has 0 spiro atoms. The Kier molecular flexibility index (Phi) is 6.65. The summed E-state index contributed by atoms with van der Waals surface area (Å²) in [7, 11) is 0. The van der Waals surface area contributed by atoms with E-state index in [2.05, 4.69) is 69.0 Å². The van der Waals surface area contributed by atoms with E-state index >= 15 is 0 Å². The average Bonchev–Trinajstić information content (AvgIpc) is 2.39. The van der Waals surface area contributed by atoms with Gasteiger partial charge >= 0.3 is 5.97 Å². The summed E-state index contributed by atoms with van der Waals surface area (Å²) in [6.07, 6.45) is 0. The van der Waals surface area contributed by atoms with Gasteiger partial charge in [-0.1, -0.05) is 0 Å². The smallest absolute Gasteiger partial charge is 0.337 e. The van der Waals surface area contributed by atoms with Crippen molar-refractivity contribution in [2.24, 2.45) is 0 Å². The fourth-order valence-electron chi connectivity index (χ4n) is 1.39. The van der Waals surface area contributed by atoms with E-state index in [4.69, 9.17) is 5.11 Å². The van der Waals surface area contributed by atoms with Crippen LogP contribution in [0.5, 0.6) is 0 Å². The second-order valence-corrected chi connectivity index (χ2v) is 7.04. The topological polar surface area (TPSA) is 86.6 Å². The number of carbonyl (C=O) groups excluding carboxylic acids is 1. The minimum absolute atomic E-state index is 0.0280.